The van der Waals surface area contributed by atoms with Gasteiger partial charge in [-0.1, -0.05) is 12.1 Å². The van der Waals surface area contributed by atoms with Crippen molar-refractivity contribution in [2.75, 3.05) is 12.0 Å². The highest BCUT2D eigenvalue weighted by atomic mass is 32.2. The molecule has 0 fully saturated rings. The fourth-order valence-corrected chi connectivity index (χ4v) is 1.39. The van der Waals surface area contributed by atoms with Gasteiger partial charge >= 0.3 is 0 Å². The van der Waals surface area contributed by atoms with E-state index in [-0.39, 0.29) is 0 Å². The van der Waals surface area contributed by atoms with Crippen LogP contribution in [0.25, 0.3) is 0 Å². The molecule has 0 saturated heterocycles. The van der Waals surface area contributed by atoms with E-state index >= 15 is 0 Å². The molecule has 0 aliphatic heterocycles. The molecule has 0 spiro atoms. The van der Waals surface area contributed by atoms with Crippen molar-refractivity contribution in [3.8, 4) is 0 Å². The minimum absolute atomic E-state index is 0.418. The maximum Gasteiger partial charge on any atom is 0.177 e. The molecular formula is C6H12N4S. The Kier molecular flexibility index (Phi) is 3.35. The van der Waals surface area contributed by atoms with Crippen molar-refractivity contribution in [3.05, 3.63) is 5.82 Å². The van der Waals surface area contributed by atoms with Gasteiger partial charge in [-0.25, -0.2) is 0 Å². The number of nitrogens with zero attached hydrogens (tertiary/aromatic N) is 3. The van der Waals surface area contributed by atoms with Gasteiger partial charge in [-0.05, 0) is 18.4 Å². The molecule has 1 aromatic heterocycles. The van der Waals surface area contributed by atoms with Crippen LogP contribution in [0.4, 0.5) is 0 Å². The Labute approximate surface area is 70.2 Å². The van der Waals surface area contributed by atoms with Crippen LogP contribution in [0.1, 0.15) is 25.1 Å². The van der Waals surface area contributed by atoms with Crippen LogP contribution < -0.4 is 0 Å². The number of rotatable bonds is 4. The molecular weight excluding hydrogens is 160 g/mol. The van der Waals surface area contributed by atoms with Crippen molar-refractivity contribution < 1.29 is 0 Å². The molecule has 0 bridgehead atoms. The third kappa shape index (κ3) is 2.49. The molecule has 0 radical (unpaired) electrons. The highest BCUT2D eigenvalue weighted by molar-refractivity contribution is 7.98. The lowest BCUT2D eigenvalue weighted by Crippen LogP contribution is -1.97. The summed E-state index contributed by atoms with van der Waals surface area (Å²) in [7, 11) is 0. The minimum atomic E-state index is 0.418. The summed E-state index contributed by atoms with van der Waals surface area (Å²) in [5, 5.41) is 13.8. The fraction of sp³-hybridized carbons (Fsp3) is 0.833. The third-order valence-corrected chi connectivity index (χ3v) is 2.20. The molecule has 1 N–H and O–H groups in total. The Morgan fingerprint density at radius 2 is 2.45 bits per heavy atom. The minimum Gasteiger partial charge on any atom is -0.177 e. The Bertz CT molecular complexity index is 186. The van der Waals surface area contributed by atoms with Gasteiger partial charge in [0.2, 0.25) is 0 Å². The average molecular weight is 172 g/mol. The smallest absolute Gasteiger partial charge is 0.177 e. The van der Waals surface area contributed by atoms with Crippen molar-refractivity contribution in [3.63, 3.8) is 0 Å². The summed E-state index contributed by atoms with van der Waals surface area (Å²) in [5.74, 6) is 2.38. The highest BCUT2D eigenvalue weighted by Crippen LogP contribution is 2.14. The van der Waals surface area contributed by atoms with Crippen LogP contribution in [0, 0.1) is 0 Å². The van der Waals surface area contributed by atoms with E-state index in [1.807, 2.05) is 11.8 Å². The number of nitrogens with one attached hydrogen (secondary N) is 1. The molecule has 0 amide bonds. The van der Waals surface area contributed by atoms with Crippen molar-refractivity contribution in [2.45, 2.75) is 19.3 Å². The zero-order valence-electron chi connectivity index (χ0n) is 6.74. The van der Waals surface area contributed by atoms with Crippen molar-refractivity contribution in [1.82, 2.24) is 20.6 Å². The molecule has 1 rings (SSSR count). The lowest BCUT2D eigenvalue weighted by Gasteiger charge is -2.02. The average Bonchev–Trinajstić information content (AvgIpc) is 2.52. The van der Waals surface area contributed by atoms with Crippen LogP contribution in [0.5, 0.6) is 0 Å². The lowest BCUT2D eigenvalue weighted by molar-refractivity contribution is 0.686. The maximum absolute atomic E-state index is 3.91. The number of hydrogen-bond donors (Lipinski definition) is 1. The van der Waals surface area contributed by atoms with E-state index in [0.29, 0.717) is 5.92 Å². The molecule has 4 nitrogen and oxygen atoms in total. The molecule has 0 saturated carbocycles. The van der Waals surface area contributed by atoms with E-state index in [1.54, 1.807) is 0 Å². The van der Waals surface area contributed by atoms with E-state index in [2.05, 4.69) is 33.8 Å². The van der Waals surface area contributed by atoms with Gasteiger partial charge in [0.15, 0.2) is 5.82 Å². The molecule has 1 unspecified atom stereocenters. The van der Waals surface area contributed by atoms with Crippen molar-refractivity contribution >= 4 is 11.8 Å². The molecule has 0 aromatic carbocycles. The third-order valence-electron chi connectivity index (χ3n) is 1.56. The maximum atomic E-state index is 3.91. The van der Waals surface area contributed by atoms with Gasteiger partial charge in [0.05, 0.1) is 0 Å². The molecule has 1 heterocycles. The summed E-state index contributed by atoms with van der Waals surface area (Å²) in [5.41, 5.74) is 0. The number of thioether (sulfide) groups is 1. The fourth-order valence-electron chi connectivity index (χ4n) is 0.802. The predicted octanol–water partition coefficient (Wildman–Crippen LogP) is 1.06. The topological polar surface area (TPSA) is 54.5 Å². The quantitative estimate of drug-likeness (QED) is 0.737. The Hall–Kier alpha value is -0.580. The van der Waals surface area contributed by atoms with E-state index in [1.165, 1.54) is 0 Å². The first-order valence-electron chi connectivity index (χ1n) is 3.57. The van der Waals surface area contributed by atoms with Crippen LogP contribution in [0.3, 0.4) is 0 Å². The first-order valence-corrected chi connectivity index (χ1v) is 4.96. The molecule has 0 aliphatic carbocycles. The van der Waals surface area contributed by atoms with Crippen molar-refractivity contribution in [1.29, 1.82) is 0 Å². The van der Waals surface area contributed by atoms with Gasteiger partial charge in [0.1, 0.15) is 0 Å². The highest BCUT2D eigenvalue weighted by Gasteiger charge is 2.08. The van der Waals surface area contributed by atoms with E-state index < -0.39 is 0 Å². The zero-order valence-corrected chi connectivity index (χ0v) is 7.56. The summed E-state index contributed by atoms with van der Waals surface area (Å²) >= 11 is 1.84. The second kappa shape index (κ2) is 4.33. The second-order valence-electron chi connectivity index (χ2n) is 2.45. The van der Waals surface area contributed by atoms with Gasteiger partial charge in [0.25, 0.3) is 0 Å². The summed E-state index contributed by atoms with van der Waals surface area (Å²) in [6.07, 6.45) is 3.21. The Morgan fingerprint density at radius 1 is 1.64 bits per heavy atom. The van der Waals surface area contributed by atoms with Gasteiger partial charge < -0.3 is 0 Å². The first kappa shape index (κ1) is 8.52. The van der Waals surface area contributed by atoms with Crippen LogP contribution >= 0.6 is 11.8 Å². The number of tetrazole rings is 1. The monoisotopic (exact) mass is 172 g/mol. The van der Waals surface area contributed by atoms with Gasteiger partial charge in [-0.15, -0.1) is 10.2 Å². The Balaban J connectivity index is 2.36. The van der Waals surface area contributed by atoms with E-state index in [9.17, 15) is 0 Å². The number of hydrogen-bond acceptors (Lipinski definition) is 4. The van der Waals surface area contributed by atoms with E-state index in [4.69, 9.17) is 0 Å². The Morgan fingerprint density at radius 3 is 3.00 bits per heavy atom. The molecule has 5 heteroatoms. The van der Waals surface area contributed by atoms with Gasteiger partial charge in [-0.3, -0.25) is 0 Å². The van der Waals surface area contributed by atoms with Crippen LogP contribution in [-0.2, 0) is 0 Å². The van der Waals surface area contributed by atoms with Crippen LogP contribution in [0.15, 0.2) is 0 Å². The summed E-state index contributed by atoms with van der Waals surface area (Å²) in [4.78, 5) is 0. The first-order chi connectivity index (χ1) is 5.34. The summed E-state index contributed by atoms with van der Waals surface area (Å²) < 4.78 is 0. The van der Waals surface area contributed by atoms with Gasteiger partial charge in [-0.2, -0.15) is 17.0 Å². The molecule has 62 valence electrons. The normalized spacial score (nSPS) is 13.3. The van der Waals surface area contributed by atoms with Gasteiger partial charge in [0, 0.05) is 5.92 Å². The lowest BCUT2D eigenvalue weighted by atomic mass is 10.1. The van der Waals surface area contributed by atoms with Crippen LogP contribution in [-0.4, -0.2) is 32.6 Å². The second-order valence-corrected chi connectivity index (χ2v) is 3.44. The molecule has 0 aliphatic rings. The molecule has 1 aromatic rings. The molecule has 11 heavy (non-hydrogen) atoms. The van der Waals surface area contributed by atoms with Crippen molar-refractivity contribution in [2.24, 2.45) is 0 Å². The summed E-state index contributed by atoms with van der Waals surface area (Å²) in [6, 6.07) is 0. The number of H-pyrrole nitrogens is 1. The number of aromatic amines is 1. The molecule has 1 atom stereocenters. The largest absolute Gasteiger partial charge is 0.177 e. The standard InChI is InChI=1S/C6H12N4S/c1-5(3-4-11-2)6-7-9-10-8-6/h5H,3-4H2,1-2H3,(H,7,8,9,10). The van der Waals surface area contributed by atoms with Crippen LogP contribution in [0.2, 0.25) is 0 Å². The SMILES string of the molecule is CSCCC(C)c1nn[nH]n1. The zero-order chi connectivity index (χ0) is 8.10. The van der Waals surface area contributed by atoms with E-state index in [0.717, 1.165) is 18.0 Å². The predicted molar refractivity (Wildman–Crippen MR) is 45.6 cm³/mol. The summed E-state index contributed by atoms with van der Waals surface area (Å²) in [6.45, 7) is 2.11. The number of aromatic nitrogens is 4.